The molecule has 0 bridgehead atoms. The van der Waals surface area contributed by atoms with Crippen LogP contribution in [0.15, 0.2) is 35.5 Å². The van der Waals surface area contributed by atoms with Gasteiger partial charge < -0.3 is 0 Å². The number of thioether (sulfide) groups is 1. The molecule has 0 unspecified atom stereocenters. The molecule has 0 saturated heterocycles. The molecule has 0 amide bonds. The number of Topliss-reactive ketones (excluding diaryl/α,β-unsaturated/α-hetero) is 1. The Balaban J connectivity index is 1.74. The molecule has 0 aliphatic heterocycles. The second kappa shape index (κ2) is 6.82. The zero-order chi connectivity index (χ0) is 16.4. The van der Waals surface area contributed by atoms with Gasteiger partial charge in [-0.1, -0.05) is 23.4 Å². The number of hydrogen-bond acceptors (Lipinski definition) is 6. The summed E-state index contributed by atoms with van der Waals surface area (Å²) in [4.78, 5) is 14.5. The molecule has 0 aliphatic carbocycles. The fourth-order valence-corrected chi connectivity index (χ4v) is 3.97. The fraction of sp³-hybridized carbons (Fsp3) is 0.200. The summed E-state index contributed by atoms with van der Waals surface area (Å²) >= 11 is 8.85. The average Bonchev–Trinajstić information content (AvgIpc) is 3.12. The molecule has 0 N–H and O–H groups in total. The maximum Gasteiger partial charge on any atom is 0.214 e. The van der Waals surface area contributed by atoms with Crippen LogP contribution in [0.5, 0.6) is 0 Å². The van der Waals surface area contributed by atoms with Gasteiger partial charge in [0.05, 0.1) is 11.4 Å². The van der Waals surface area contributed by atoms with Crippen LogP contribution in [0.2, 0.25) is 5.02 Å². The fourth-order valence-electron chi connectivity index (χ4n) is 2.13. The van der Waals surface area contributed by atoms with Crippen LogP contribution in [-0.2, 0) is 0 Å². The third-order valence-electron chi connectivity index (χ3n) is 3.19. The highest BCUT2D eigenvalue weighted by Gasteiger charge is 2.15. The first-order valence-electron chi connectivity index (χ1n) is 6.82. The highest BCUT2D eigenvalue weighted by Crippen LogP contribution is 2.24. The van der Waals surface area contributed by atoms with Crippen LogP contribution in [0.3, 0.4) is 0 Å². The van der Waals surface area contributed by atoms with Gasteiger partial charge in [0.15, 0.2) is 5.78 Å². The number of nitrogens with zero attached hydrogens (tertiary/aromatic N) is 4. The molecule has 0 spiro atoms. The van der Waals surface area contributed by atoms with E-state index in [0.29, 0.717) is 15.9 Å². The number of ketones is 1. The number of aryl methyl sites for hydroxylation is 2. The van der Waals surface area contributed by atoms with Gasteiger partial charge in [-0.15, -0.1) is 16.4 Å². The maximum atomic E-state index is 12.4. The van der Waals surface area contributed by atoms with Crippen molar-refractivity contribution in [3.05, 3.63) is 50.7 Å². The molecular weight excluding hydrogens is 352 g/mol. The van der Waals surface area contributed by atoms with Crippen LogP contribution in [-0.4, -0.2) is 31.7 Å². The summed E-state index contributed by atoms with van der Waals surface area (Å²) in [5, 5.41) is 12.9. The minimum absolute atomic E-state index is 0.0857. The molecular formula is C15H13ClN4OS2. The van der Waals surface area contributed by atoms with E-state index >= 15 is 0 Å². The van der Waals surface area contributed by atoms with E-state index in [4.69, 9.17) is 11.6 Å². The van der Waals surface area contributed by atoms with Gasteiger partial charge in [-0.3, -0.25) is 4.79 Å². The van der Waals surface area contributed by atoms with Gasteiger partial charge in [-0.05, 0) is 54.6 Å². The molecule has 3 aromatic rings. The van der Waals surface area contributed by atoms with Crippen LogP contribution in [0.4, 0.5) is 0 Å². The van der Waals surface area contributed by atoms with Crippen molar-refractivity contribution in [1.82, 2.24) is 20.2 Å². The lowest BCUT2D eigenvalue weighted by Crippen LogP contribution is -2.05. The molecule has 118 valence electrons. The summed E-state index contributed by atoms with van der Waals surface area (Å²) in [5.74, 6) is 0.382. The van der Waals surface area contributed by atoms with Gasteiger partial charge in [0.25, 0.3) is 0 Å². The molecule has 0 radical (unpaired) electrons. The van der Waals surface area contributed by atoms with E-state index in [2.05, 4.69) is 15.5 Å². The summed E-state index contributed by atoms with van der Waals surface area (Å²) in [5.41, 5.74) is 1.59. The van der Waals surface area contributed by atoms with Crippen molar-refractivity contribution in [2.24, 2.45) is 0 Å². The van der Waals surface area contributed by atoms with Gasteiger partial charge in [-0.25, -0.2) is 0 Å². The monoisotopic (exact) mass is 364 g/mol. The Bertz CT molecular complexity index is 842. The topological polar surface area (TPSA) is 60.7 Å². The van der Waals surface area contributed by atoms with Crippen molar-refractivity contribution < 1.29 is 4.79 Å². The first-order valence-corrected chi connectivity index (χ1v) is 9.00. The lowest BCUT2D eigenvalue weighted by Gasteiger charge is -2.04. The average molecular weight is 365 g/mol. The van der Waals surface area contributed by atoms with Crippen molar-refractivity contribution >= 4 is 40.5 Å². The van der Waals surface area contributed by atoms with Gasteiger partial charge in [0, 0.05) is 20.3 Å². The lowest BCUT2D eigenvalue weighted by atomic mass is 10.2. The van der Waals surface area contributed by atoms with Crippen molar-refractivity contribution in [2.45, 2.75) is 19.0 Å². The molecule has 0 fully saturated rings. The Kier molecular flexibility index (Phi) is 4.79. The number of halogens is 1. The van der Waals surface area contributed by atoms with Crippen molar-refractivity contribution in [2.75, 3.05) is 5.75 Å². The number of thiophene rings is 1. The lowest BCUT2D eigenvalue weighted by molar-refractivity contribution is 0.102. The summed E-state index contributed by atoms with van der Waals surface area (Å²) in [7, 11) is 0. The van der Waals surface area contributed by atoms with E-state index in [1.807, 2.05) is 32.0 Å². The molecule has 3 rings (SSSR count). The minimum Gasteiger partial charge on any atom is -0.293 e. The van der Waals surface area contributed by atoms with Crippen molar-refractivity contribution in [1.29, 1.82) is 0 Å². The highest BCUT2D eigenvalue weighted by molar-refractivity contribution is 7.99. The normalized spacial score (nSPS) is 10.9. The third kappa shape index (κ3) is 3.63. The molecule has 2 aromatic heterocycles. The Morgan fingerprint density at radius 1 is 1.30 bits per heavy atom. The van der Waals surface area contributed by atoms with Crippen LogP contribution in [0, 0.1) is 13.8 Å². The third-order valence-corrected chi connectivity index (χ3v) is 5.32. The molecule has 0 saturated carbocycles. The van der Waals surface area contributed by atoms with E-state index in [0.717, 1.165) is 21.0 Å². The first kappa shape index (κ1) is 16.2. The summed E-state index contributed by atoms with van der Waals surface area (Å²) in [6.07, 6.45) is 0. The minimum atomic E-state index is 0.0857. The Morgan fingerprint density at radius 3 is 2.70 bits per heavy atom. The SMILES string of the molecule is Cc1cc(C(=O)CSc2nnnn2-c2ccc(Cl)cc2)c(C)s1. The largest absolute Gasteiger partial charge is 0.293 e. The maximum absolute atomic E-state index is 12.4. The Morgan fingerprint density at radius 2 is 2.04 bits per heavy atom. The van der Waals surface area contributed by atoms with E-state index in [1.165, 1.54) is 11.8 Å². The second-order valence-electron chi connectivity index (χ2n) is 4.89. The van der Waals surface area contributed by atoms with Crippen LogP contribution < -0.4 is 0 Å². The van der Waals surface area contributed by atoms with E-state index in [1.54, 1.807) is 28.2 Å². The number of aromatic nitrogens is 4. The van der Waals surface area contributed by atoms with Crippen LogP contribution in [0.25, 0.3) is 5.69 Å². The van der Waals surface area contributed by atoms with E-state index < -0.39 is 0 Å². The summed E-state index contributed by atoms with van der Waals surface area (Å²) in [6, 6.07) is 9.14. The number of hydrogen-bond donors (Lipinski definition) is 0. The van der Waals surface area contributed by atoms with Crippen LogP contribution in [0.1, 0.15) is 20.1 Å². The van der Waals surface area contributed by atoms with Gasteiger partial charge in [0.1, 0.15) is 0 Å². The van der Waals surface area contributed by atoms with E-state index in [9.17, 15) is 4.79 Å². The standard InChI is InChI=1S/C15H13ClN4OS2/c1-9-7-13(10(2)23-9)14(21)8-22-15-17-18-19-20(15)12-5-3-11(16)4-6-12/h3-7H,8H2,1-2H3. The zero-order valence-corrected chi connectivity index (χ0v) is 14.9. The smallest absolute Gasteiger partial charge is 0.214 e. The highest BCUT2D eigenvalue weighted by atomic mass is 35.5. The molecule has 2 heterocycles. The van der Waals surface area contributed by atoms with Crippen molar-refractivity contribution in [3.63, 3.8) is 0 Å². The Labute approximate surface area is 146 Å². The van der Waals surface area contributed by atoms with Gasteiger partial charge >= 0.3 is 0 Å². The van der Waals surface area contributed by atoms with Gasteiger partial charge in [0.2, 0.25) is 5.16 Å². The number of carbonyl (C=O) groups excluding carboxylic acids is 1. The first-order chi connectivity index (χ1) is 11.0. The molecule has 8 heteroatoms. The predicted molar refractivity (Wildman–Crippen MR) is 93.0 cm³/mol. The van der Waals surface area contributed by atoms with E-state index in [-0.39, 0.29) is 5.78 Å². The second-order valence-corrected chi connectivity index (χ2v) is 7.73. The number of benzene rings is 1. The zero-order valence-electron chi connectivity index (χ0n) is 12.5. The molecule has 23 heavy (non-hydrogen) atoms. The predicted octanol–water partition coefficient (Wildman–Crippen LogP) is 3.97. The molecule has 5 nitrogen and oxygen atoms in total. The summed E-state index contributed by atoms with van der Waals surface area (Å²) in [6.45, 7) is 3.97. The number of rotatable bonds is 5. The molecule has 1 aromatic carbocycles. The van der Waals surface area contributed by atoms with Gasteiger partial charge in [-0.2, -0.15) is 4.68 Å². The molecule has 0 aliphatic rings. The van der Waals surface area contributed by atoms with Crippen LogP contribution >= 0.6 is 34.7 Å². The number of carbonyl (C=O) groups is 1. The summed E-state index contributed by atoms with van der Waals surface area (Å²) < 4.78 is 1.60. The quantitative estimate of drug-likeness (QED) is 0.506. The number of tetrazole rings is 1. The van der Waals surface area contributed by atoms with Crippen molar-refractivity contribution in [3.8, 4) is 5.69 Å². The molecule has 0 atom stereocenters. The Hall–Kier alpha value is -1.70.